The van der Waals surface area contributed by atoms with E-state index in [1.54, 1.807) is 6.92 Å². The van der Waals surface area contributed by atoms with E-state index in [1.165, 1.54) is 13.2 Å². The van der Waals surface area contributed by atoms with Crippen LogP contribution in [0.4, 0.5) is 4.39 Å². The van der Waals surface area contributed by atoms with E-state index in [0.717, 1.165) is 12.8 Å². The number of hydrogen-bond donors (Lipinski definition) is 1. The minimum Gasteiger partial charge on any atom is -0.493 e. The number of methoxy groups -OCH3 is 1. The maximum absolute atomic E-state index is 13.8. The van der Waals surface area contributed by atoms with E-state index in [0.29, 0.717) is 16.1 Å². The molecule has 0 saturated heterocycles. The van der Waals surface area contributed by atoms with Gasteiger partial charge in [0.1, 0.15) is 0 Å². The second kappa shape index (κ2) is 4.43. The van der Waals surface area contributed by atoms with E-state index in [4.69, 9.17) is 21.4 Å². The highest BCUT2D eigenvalue weighted by Gasteiger charge is 2.49. The summed E-state index contributed by atoms with van der Waals surface area (Å²) in [5.74, 6) is -1.32. The minimum atomic E-state index is -0.894. The molecule has 1 aliphatic rings. The Kier molecular flexibility index (Phi) is 3.23. The molecule has 2 rings (SSSR count). The van der Waals surface area contributed by atoms with Crippen LogP contribution in [0.25, 0.3) is 0 Å². The second-order valence-corrected chi connectivity index (χ2v) is 5.13. The van der Waals surface area contributed by atoms with Gasteiger partial charge in [-0.1, -0.05) is 11.6 Å². The molecule has 0 aliphatic heterocycles. The Labute approximate surface area is 110 Å². The van der Waals surface area contributed by atoms with Crippen molar-refractivity contribution in [2.75, 3.05) is 7.11 Å². The molecule has 1 saturated carbocycles. The number of benzene rings is 1. The highest BCUT2D eigenvalue weighted by Crippen LogP contribution is 2.56. The normalized spacial score (nSPS) is 16.4. The Morgan fingerprint density at radius 3 is 2.67 bits per heavy atom. The number of aliphatic carboxylic acids is 1. The fourth-order valence-corrected chi connectivity index (χ4v) is 2.68. The molecule has 0 radical (unpaired) electrons. The number of hydrogen-bond acceptors (Lipinski definition) is 2. The smallest absolute Gasteiger partial charge is 0.304 e. The van der Waals surface area contributed by atoms with Crippen LogP contribution in [0, 0.1) is 12.7 Å². The molecule has 0 spiro atoms. The van der Waals surface area contributed by atoms with Gasteiger partial charge >= 0.3 is 5.97 Å². The van der Waals surface area contributed by atoms with Crippen LogP contribution in [0.5, 0.6) is 5.75 Å². The standard InChI is InChI=1S/C13H14ClFO3/c1-7-8(14)5-9(15)12(18-2)11(7)13(3-4-13)6-10(16)17/h5H,3-4,6H2,1-2H3,(H,16,17). The fraction of sp³-hybridized carbons (Fsp3) is 0.462. The van der Waals surface area contributed by atoms with Crippen LogP contribution in [0.1, 0.15) is 30.4 Å². The monoisotopic (exact) mass is 272 g/mol. The third kappa shape index (κ3) is 2.05. The minimum absolute atomic E-state index is 0.0238. The van der Waals surface area contributed by atoms with Crippen LogP contribution in [0.15, 0.2) is 6.07 Å². The summed E-state index contributed by atoms with van der Waals surface area (Å²) in [7, 11) is 1.38. The molecule has 0 atom stereocenters. The molecule has 1 aliphatic carbocycles. The SMILES string of the molecule is COc1c(F)cc(Cl)c(C)c1C1(CC(=O)O)CC1. The quantitative estimate of drug-likeness (QED) is 0.915. The fourth-order valence-electron chi connectivity index (χ4n) is 2.49. The predicted molar refractivity (Wildman–Crippen MR) is 65.9 cm³/mol. The van der Waals surface area contributed by atoms with Crippen molar-refractivity contribution < 1.29 is 19.0 Å². The van der Waals surface area contributed by atoms with Gasteiger partial charge in [-0.05, 0) is 31.4 Å². The van der Waals surface area contributed by atoms with E-state index in [-0.39, 0.29) is 12.2 Å². The zero-order valence-electron chi connectivity index (χ0n) is 10.2. The summed E-state index contributed by atoms with van der Waals surface area (Å²) in [5.41, 5.74) is 0.790. The van der Waals surface area contributed by atoms with Crippen LogP contribution < -0.4 is 4.74 Å². The van der Waals surface area contributed by atoms with Crippen molar-refractivity contribution in [2.24, 2.45) is 0 Å². The Morgan fingerprint density at radius 2 is 2.22 bits per heavy atom. The van der Waals surface area contributed by atoms with Gasteiger partial charge in [0.2, 0.25) is 0 Å². The lowest BCUT2D eigenvalue weighted by atomic mass is 9.88. The highest BCUT2D eigenvalue weighted by molar-refractivity contribution is 6.31. The van der Waals surface area contributed by atoms with Gasteiger partial charge in [-0.15, -0.1) is 0 Å². The average Bonchev–Trinajstić information content (AvgIpc) is 3.02. The van der Waals surface area contributed by atoms with E-state index in [9.17, 15) is 9.18 Å². The third-order valence-electron chi connectivity index (χ3n) is 3.51. The average molecular weight is 273 g/mol. The lowest BCUT2D eigenvalue weighted by Crippen LogP contribution is -2.16. The Morgan fingerprint density at radius 1 is 1.61 bits per heavy atom. The number of carbonyl (C=O) groups is 1. The lowest BCUT2D eigenvalue weighted by molar-refractivity contribution is -0.137. The van der Waals surface area contributed by atoms with E-state index in [1.807, 2.05) is 0 Å². The van der Waals surface area contributed by atoms with Gasteiger partial charge in [0.25, 0.3) is 0 Å². The number of halogens is 2. The molecule has 1 aromatic rings. The zero-order valence-corrected chi connectivity index (χ0v) is 11.0. The van der Waals surface area contributed by atoms with Crippen LogP contribution >= 0.6 is 11.6 Å². The molecule has 5 heteroatoms. The Bertz CT molecular complexity index is 509. The molecule has 0 unspecified atom stereocenters. The molecule has 18 heavy (non-hydrogen) atoms. The number of carboxylic acids is 1. The molecule has 1 fully saturated rings. The molecule has 0 amide bonds. The van der Waals surface area contributed by atoms with Crippen LogP contribution in [0.2, 0.25) is 5.02 Å². The summed E-state index contributed by atoms with van der Waals surface area (Å²) in [5, 5.41) is 9.28. The van der Waals surface area contributed by atoms with Crippen molar-refractivity contribution in [1.29, 1.82) is 0 Å². The van der Waals surface area contributed by atoms with Crippen LogP contribution in [-0.2, 0) is 10.2 Å². The van der Waals surface area contributed by atoms with Crippen molar-refractivity contribution in [3.05, 3.63) is 28.0 Å². The van der Waals surface area contributed by atoms with Gasteiger partial charge in [-0.25, -0.2) is 4.39 Å². The van der Waals surface area contributed by atoms with Gasteiger partial charge in [-0.3, -0.25) is 4.79 Å². The van der Waals surface area contributed by atoms with Crippen LogP contribution in [-0.4, -0.2) is 18.2 Å². The van der Waals surface area contributed by atoms with Gasteiger partial charge in [0, 0.05) is 16.0 Å². The molecule has 3 nitrogen and oxygen atoms in total. The topological polar surface area (TPSA) is 46.5 Å². The van der Waals surface area contributed by atoms with Gasteiger partial charge in [-0.2, -0.15) is 0 Å². The van der Waals surface area contributed by atoms with Gasteiger partial charge < -0.3 is 9.84 Å². The van der Waals surface area contributed by atoms with Crippen molar-refractivity contribution in [2.45, 2.75) is 31.6 Å². The van der Waals surface area contributed by atoms with Crippen molar-refractivity contribution in [1.82, 2.24) is 0 Å². The van der Waals surface area contributed by atoms with Crippen molar-refractivity contribution in [3.8, 4) is 5.75 Å². The maximum atomic E-state index is 13.8. The van der Waals surface area contributed by atoms with E-state index < -0.39 is 17.2 Å². The van der Waals surface area contributed by atoms with Gasteiger partial charge in [0.15, 0.2) is 11.6 Å². The summed E-state index contributed by atoms with van der Waals surface area (Å²) in [4.78, 5) is 10.9. The third-order valence-corrected chi connectivity index (χ3v) is 3.90. The second-order valence-electron chi connectivity index (χ2n) is 4.72. The summed E-state index contributed by atoms with van der Waals surface area (Å²) < 4.78 is 18.9. The first-order chi connectivity index (χ1) is 8.41. The molecule has 1 aromatic carbocycles. The highest BCUT2D eigenvalue weighted by atomic mass is 35.5. The Balaban J connectivity index is 2.59. The first-order valence-electron chi connectivity index (χ1n) is 5.66. The molecule has 98 valence electrons. The number of rotatable bonds is 4. The first kappa shape index (κ1) is 13.1. The lowest BCUT2D eigenvalue weighted by Gasteiger charge is -2.21. The maximum Gasteiger partial charge on any atom is 0.304 e. The first-order valence-corrected chi connectivity index (χ1v) is 6.04. The molecule has 0 aromatic heterocycles. The van der Waals surface area contributed by atoms with Crippen molar-refractivity contribution in [3.63, 3.8) is 0 Å². The van der Waals surface area contributed by atoms with Gasteiger partial charge in [0.05, 0.1) is 13.5 Å². The molecular formula is C13H14ClFO3. The predicted octanol–water partition coefficient (Wildman–Crippen LogP) is 3.30. The largest absolute Gasteiger partial charge is 0.493 e. The molecule has 0 heterocycles. The summed E-state index contributed by atoms with van der Waals surface area (Å²) in [6, 6.07) is 1.20. The number of carboxylic acid groups (broad SMARTS) is 1. The molecule has 1 N–H and O–H groups in total. The zero-order chi connectivity index (χ0) is 13.5. The Hall–Kier alpha value is -1.29. The van der Waals surface area contributed by atoms with E-state index in [2.05, 4.69) is 0 Å². The van der Waals surface area contributed by atoms with Crippen LogP contribution in [0.3, 0.4) is 0 Å². The molecular weight excluding hydrogens is 259 g/mol. The summed E-state index contributed by atoms with van der Waals surface area (Å²) in [6.07, 6.45) is 1.41. The number of ether oxygens (including phenoxy) is 1. The summed E-state index contributed by atoms with van der Waals surface area (Å²) in [6.45, 7) is 1.77. The molecule has 0 bridgehead atoms. The summed E-state index contributed by atoms with van der Waals surface area (Å²) >= 11 is 5.98. The van der Waals surface area contributed by atoms with Crippen molar-refractivity contribution >= 4 is 17.6 Å². The van der Waals surface area contributed by atoms with E-state index >= 15 is 0 Å².